The van der Waals surface area contributed by atoms with Crippen molar-refractivity contribution in [1.82, 2.24) is 0 Å². The first-order valence-corrected chi connectivity index (χ1v) is 7.49. The van der Waals surface area contributed by atoms with E-state index in [2.05, 4.69) is 5.32 Å². The number of nitrogens with one attached hydrogen (secondary N) is 1. The molecule has 1 aliphatic carbocycles. The van der Waals surface area contributed by atoms with Crippen LogP contribution in [0.25, 0.3) is 0 Å². The fourth-order valence-corrected chi connectivity index (χ4v) is 2.74. The molecule has 1 aromatic rings. The van der Waals surface area contributed by atoms with Crippen molar-refractivity contribution in [3.8, 4) is 5.75 Å². The highest BCUT2D eigenvalue weighted by Crippen LogP contribution is 2.34. The first-order chi connectivity index (χ1) is 10.8. The fourth-order valence-electron chi connectivity index (χ4n) is 2.74. The molecule has 122 valence electrons. The standard InChI is InChI=1S/C18H21NO4/c1-18(2)10-15(21)17(16(22)11-18)14(20)7-8-19-12-5-4-6-13(9-12)23-3/h4-9,17,19H,10-11H2,1-3H3/b8-7-. The van der Waals surface area contributed by atoms with Crippen LogP contribution < -0.4 is 10.1 Å². The molecule has 0 amide bonds. The molecular formula is C18H21NO4. The third kappa shape index (κ3) is 4.28. The second kappa shape index (κ2) is 6.77. The second-order valence-corrected chi connectivity index (χ2v) is 6.50. The molecule has 0 spiro atoms. The van der Waals surface area contributed by atoms with Crippen molar-refractivity contribution >= 4 is 23.0 Å². The first kappa shape index (κ1) is 16.9. The lowest BCUT2D eigenvalue weighted by molar-refractivity contribution is -0.143. The van der Waals surface area contributed by atoms with Gasteiger partial charge in [-0.2, -0.15) is 0 Å². The molecule has 1 saturated carbocycles. The molecule has 23 heavy (non-hydrogen) atoms. The number of ketones is 3. The molecule has 0 heterocycles. The molecule has 5 nitrogen and oxygen atoms in total. The highest BCUT2D eigenvalue weighted by molar-refractivity contribution is 6.23. The quantitative estimate of drug-likeness (QED) is 0.668. The van der Waals surface area contributed by atoms with Gasteiger partial charge in [0.2, 0.25) is 0 Å². The number of hydrogen-bond acceptors (Lipinski definition) is 5. The van der Waals surface area contributed by atoms with Crippen molar-refractivity contribution in [2.45, 2.75) is 26.7 Å². The molecule has 1 fully saturated rings. The predicted molar refractivity (Wildman–Crippen MR) is 87.3 cm³/mol. The van der Waals surface area contributed by atoms with Gasteiger partial charge in [0.05, 0.1) is 7.11 Å². The Morgan fingerprint density at radius 3 is 2.52 bits per heavy atom. The second-order valence-electron chi connectivity index (χ2n) is 6.50. The minimum Gasteiger partial charge on any atom is -0.497 e. The van der Waals surface area contributed by atoms with Crippen LogP contribution >= 0.6 is 0 Å². The maximum atomic E-state index is 12.2. The zero-order chi connectivity index (χ0) is 17.0. The summed E-state index contributed by atoms with van der Waals surface area (Å²) in [5, 5.41) is 2.93. The Labute approximate surface area is 135 Å². The summed E-state index contributed by atoms with van der Waals surface area (Å²) in [6.07, 6.45) is 3.20. The first-order valence-electron chi connectivity index (χ1n) is 7.49. The van der Waals surface area contributed by atoms with Crippen molar-refractivity contribution in [2.24, 2.45) is 11.3 Å². The van der Waals surface area contributed by atoms with Crippen LogP contribution in [0.5, 0.6) is 5.75 Å². The molecule has 0 unspecified atom stereocenters. The van der Waals surface area contributed by atoms with Crippen molar-refractivity contribution in [3.63, 3.8) is 0 Å². The van der Waals surface area contributed by atoms with Gasteiger partial charge in [-0.15, -0.1) is 0 Å². The van der Waals surface area contributed by atoms with Gasteiger partial charge in [-0.25, -0.2) is 0 Å². The van der Waals surface area contributed by atoms with E-state index in [0.717, 1.165) is 5.69 Å². The summed E-state index contributed by atoms with van der Waals surface area (Å²) < 4.78 is 5.10. The van der Waals surface area contributed by atoms with E-state index in [1.54, 1.807) is 19.2 Å². The van der Waals surface area contributed by atoms with Crippen molar-refractivity contribution in [3.05, 3.63) is 36.5 Å². The van der Waals surface area contributed by atoms with E-state index in [1.165, 1.54) is 12.3 Å². The number of methoxy groups -OCH3 is 1. The smallest absolute Gasteiger partial charge is 0.175 e. The van der Waals surface area contributed by atoms with E-state index < -0.39 is 11.7 Å². The molecule has 1 N–H and O–H groups in total. The molecular weight excluding hydrogens is 294 g/mol. The molecule has 0 bridgehead atoms. The molecule has 0 radical (unpaired) electrons. The van der Waals surface area contributed by atoms with Gasteiger partial charge in [-0.3, -0.25) is 14.4 Å². The molecule has 5 heteroatoms. The van der Waals surface area contributed by atoms with Gasteiger partial charge in [0.25, 0.3) is 0 Å². The van der Waals surface area contributed by atoms with Gasteiger partial charge >= 0.3 is 0 Å². The van der Waals surface area contributed by atoms with E-state index in [0.29, 0.717) is 5.75 Å². The Morgan fingerprint density at radius 1 is 1.26 bits per heavy atom. The van der Waals surface area contributed by atoms with Gasteiger partial charge in [0.15, 0.2) is 17.3 Å². The average molecular weight is 315 g/mol. The van der Waals surface area contributed by atoms with Gasteiger partial charge in [-0.1, -0.05) is 19.9 Å². The number of carbonyl (C=O) groups is 3. The summed E-state index contributed by atoms with van der Waals surface area (Å²) in [7, 11) is 1.57. The molecule has 2 rings (SSSR count). The summed E-state index contributed by atoms with van der Waals surface area (Å²) in [5.41, 5.74) is 0.392. The lowest BCUT2D eigenvalue weighted by Gasteiger charge is -2.30. The van der Waals surface area contributed by atoms with Crippen LogP contribution in [0.3, 0.4) is 0 Å². The van der Waals surface area contributed by atoms with E-state index in [1.807, 2.05) is 26.0 Å². The third-order valence-corrected chi connectivity index (χ3v) is 3.80. The lowest BCUT2D eigenvalue weighted by atomic mass is 9.70. The van der Waals surface area contributed by atoms with Gasteiger partial charge in [-0.05, 0) is 23.6 Å². The van der Waals surface area contributed by atoms with E-state index in [9.17, 15) is 14.4 Å². The monoisotopic (exact) mass is 315 g/mol. The Balaban J connectivity index is 2.01. The highest BCUT2D eigenvalue weighted by atomic mass is 16.5. The molecule has 0 aromatic heterocycles. The molecule has 0 saturated heterocycles. The molecule has 1 aromatic carbocycles. The number of rotatable bonds is 5. The normalized spacial score (nSPS) is 18.2. The molecule has 1 aliphatic rings. The van der Waals surface area contributed by atoms with Crippen molar-refractivity contribution in [1.29, 1.82) is 0 Å². The van der Waals surface area contributed by atoms with Crippen LogP contribution in [-0.4, -0.2) is 24.5 Å². The third-order valence-electron chi connectivity index (χ3n) is 3.80. The van der Waals surface area contributed by atoms with Gasteiger partial charge in [0.1, 0.15) is 11.7 Å². The van der Waals surface area contributed by atoms with Crippen LogP contribution in [0.2, 0.25) is 0 Å². The van der Waals surface area contributed by atoms with E-state index in [-0.39, 0.29) is 29.8 Å². The topological polar surface area (TPSA) is 72.5 Å². The average Bonchev–Trinajstić information content (AvgIpc) is 2.45. The lowest BCUT2D eigenvalue weighted by Crippen LogP contribution is -2.41. The number of Topliss-reactive ketones (excluding diaryl/α,β-unsaturated/α-hetero) is 2. The van der Waals surface area contributed by atoms with Crippen molar-refractivity contribution in [2.75, 3.05) is 12.4 Å². The summed E-state index contributed by atoms with van der Waals surface area (Å²) in [6, 6.07) is 7.21. The number of ether oxygens (including phenoxy) is 1. The molecule has 0 atom stereocenters. The highest BCUT2D eigenvalue weighted by Gasteiger charge is 2.42. The maximum absolute atomic E-state index is 12.2. The zero-order valence-electron chi connectivity index (χ0n) is 13.6. The maximum Gasteiger partial charge on any atom is 0.175 e. The Kier molecular flexibility index (Phi) is 4.98. The van der Waals surface area contributed by atoms with Crippen LogP contribution in [-0.2, 0) is 14.4 Å². The summed E-state index contributed by atoms with van der Waals surface area (Å²) >= 11 is 0. The summed E-state index contributed by atoms with van der Waals surface area (Å²) in [6.45, 7) is 3.73. The largest absolute Gasteiger partial charge is 0.497 e. The zero-order valence-corrected chi connectivity index (χ0v) is 13.6. The minimum atomic E-state index is -1.15. The fraction of sp³-hybridized carbons (Fsp3) is 0.389. The predicted octanol–water partition coefficient (Wildman–Crippen LogP) is 2.76. The van der Waals surface area contributed by atoms with Crippen LogP contribution in [0.1, 0.15) is 26.7 Å². The van der Waals surface area contributed by atoms with Crippen LogP contribution in [0.15, 0.2) is 36.5 Å². The van der Waals surface area contributed by atoms with Gasteiger partial charge in [0, 0.05) is 30.8 Å². The van der Waals surface area contributed by atoms with E-state index >= 15 is 0 Å². The summed E-state index contributed by atoms with van der Waals surface area (Å²) in [4.78, 5) is 36.3. The number of carbonyl (C=O) groups excluding carboxylic acids is 3. The Hall–Kier alpha value is -2.43. The number of anilines is 1. The minimum absolute atomic E-state index is 0.256. The number of benzene rings is 1. The SMILES string of the molecule is COc1cccc(N/C=C\C(=O)C2C(=O)CC(C)(C)CC2=O)c1. The number of allylic oxidation sites excluding steroid dienone is 1. The van der Waals surface area contributed by atoms with Gasteiger partial charge < -0.3 is 10.1 Å². The Bertz CT molecular complexity index is 641. The summed E-state index contributed by atoms with van der Waals surface area (Å²) in [5.74, 6) is -1.50. The molecule has 0 aliphatic heterocycles. The van der Waals surface area contributed by atoms with E-state index in [4.69, 9.17) is 4.74 Å². The van der Waals surface area contributed by atoms with Crippen LogP contribution in [0, 0.1) is 11.3 Å². The Morgan fingerprint density at radius 2 is 1.91 bits per heavy atom. The number of hydrogen-bond donors (Lipinski definition) is 1. The van der Waals surface area contributed by atoms with Crippen LogP contribution in [0.4, 0.5) is 5.69 Å². The van der Waals surface area contributed by atoms with Crippen molar-refractivity contribution < 1.29 is 19.1 Å².